The Morgan fingerprint density at radius 1 is 1.20 bits per heavy atom. The minimum atomic E-state index is -0.775. The molecule has 0 amide bonds. The van der Waals surface area contributed by atoms with Crippen molar-refractivity contribution in [2.24, 2.45) is 5.92 Å². The Kier molecular flexibility index (Phi) is 5.49. The van der Waals surface area contributed by atoms with Crippen LogP contribution < -0.4 is 5.32 Å². The molecule has 1 aliphatic heterocycles. The zero-order valence-electron chi connectivity index (χ0n) is 12.3. The third-order valence-corrected chi connectivity index (χ3v) is 4.05. The van der Waals surface area contributed by atoms with Crippen molar-refractivity contribution in [3.63, 3.8) is 0 Å². The minimum absolute atomic E-state index is 0.401. The number of nitrogens with zero attached hydrogens (tertiary/aromatic N) is 1. The molecular weight excluding hydrogens is 258 g/mol. The maximum Gasteiger partial charge on any atom is 0.159 e. The third kappa shape index (κ3) is 4.25. The molecular formula is C16H24F2N2. The quantitative estimate of drug-likeness (QED) is 0.892. The van der Waals surface area contributed by atoms with E-state index >= 15 is 0 Å². The fraction of sp³-hybridized carbons (Fsp3) is 0.625. The molecule has 0 unspecified atom stereocenters. The summed E-state index contributed by atoms with van der Waals surface area (Å²) in [6.45, 7) is 8.18. The van der Waals surface area contributed by atoms with Gasteiger partial charge in [0.25, 0.3) is 0 Å². The Bertz CT molecular complexity index is 428. The molecule has 0 saturated carbocycles. The molecule has 0 bridgehead atoms. The summed E-state index contributed by atoms with van der Waals surface area (Å²) in [5.41, 5.74) is 0.839. The first-order valence-electron chi connectivity index (χ1n) is 7.45. The van der Waals surface area contributed by atoms with Gasteiger partial charge < -0.3 is 5.32 Å². The predicted molar refractivity (Wildman–Crippen MR) is 77.5 cm³/mol. The zero-order chi connectivity index (χ0) is 14.5. The summed E-state index contributed by atoms with van der Waals surface area (Å²) in [6, 6.07) is 4.61. The van der Waals surface area contributed by atoms with Gasteiger partial charge in [-0.3, -0.25) is 4.90 Å². The van der Waals surface area contributed by atoms with E-state index in [1.807, 2.05) is 0 Å². The molecule has 4 heteroatoms. The van der Waals surface area contributed by atoms with Crippen LogP contribution in [0, 0.1) is 17.6 Å². The van der Waals surface area contributed by atoms with Crippen molar-refractivity contribution in [1.82, 2.24) is 10.2 Å². The van der Waals surface area contributed by atoms with Crippen molar-refractivity contribution in [3.05, 3.63) is 35.4 Å². The summed E-state index contributed by atoms with van der Waals surface area (Å²) in [4.78, 5) is 2.35. The number of piperidine rings is 1. The van der Waals surface area contributed by atoms with E-state index in [4.69, 9.17) is 0 Å². The standard InChI is InChI=1S/C16H24F2N2/c1-12(2)20(10-13-5-7-19-8-6-13)11-14-3-4-15(17)16(18)9-14/h3-4,9,12-13,19H,5-8,10-11H2,1-2H3. The molecule has 1 aromatic carbocycles. The molecule has 20 heavy (non-hydrogen) atoms. The number of nitrogens with one attached hydrogen (secondary N) is 1. The van der Waals surface area contributed by atoms with Crippen LogP contribution in [0.3, 0.4) is 0 Å². The SMILES string of the molecule is CC(C)N(Cc1ccc(F)c(F)c1)CC1CCNCC1. The first kappa shape index (κ1) is 15.4. The molecule has 1 fully saturated rings. The lowest BCUT2D eigenvalue weighted by molar-refractivity contribution is 0.161. The van der Waals surface area contributed by atoms with Gasteiger partial charge in [0.1, 0.15) is 0 Å². The van der Waals surface area contributed by atoms with Crippen LogP contribution in [0.25, 0.3) is 0 Å². The van der Waals surface area contributed by atoms with E-state index in [0.29, 0.717) is 18.5 Å². The topological polar surface area (TPSA) is 15.3 Å². The van der Waals surface area contributed by atoms with E-state index in [-0.39, 0.29) is 0 Å². The number of hydrogen-bond donors (Lipinski definition) is 1. The van der Waals surface area contributed by atoms with Crippen molar-refractivity contribution in [1.29, 1.82) is 0 Å². The molecule has 2 nitrogen and oxygen atoms in total. The van der Waals surface area contributed by atoms with Gasteiger partial charge in [0, 0.05) is 19.1 Å². The molecule has 0 atom stereocenters. The maximum absolute atomic E-state index is 13.3. The predicted octanol–water partition coefficient (Wildman–Crippen LogP) is 3.17. The summed E-state index contributed by atoms with van der Waals surface area (Å²) in [7, 11) is 0. The molecule has 1 aromatic rings. The van der Waals surface area contributed by atoms with E-state index in [2.05, 4.69) is 24.1 Å². The van der Waals surface area contributed by atoms with Gasteiger partial charge in [0.15, 0.2) is 11.6 Å². The highest BCUT2D eigenvalue weighted by molar-refractivity contribution is 5.17. The van der Waals surface area contributed by atoms with Gasteiger partial charge in [0.05, 0.1) is 0 Å². The van der Waals surface area contributed by atoms with Gasteiger partial charge in [0.2, 0.25) is 0 Å². The van der Waals surface area contributed by atoms with E-state index < -0.39 is 11.6 Å². The van der Waals surface area contributed by atoms with Gasteiger partial charge in [-0.25, -0.2) is 8.78 Å². The van der Waals surface area contributed by atoms with Crippen molar-refractivity contribution in [2.75, 3.05) is 19.6 Å². The first-order valence-corrected chi connectivity index (χ1v) is 7.45. The summed E-state index contributed by atoms with van der Waals surface area (Å²) in [6.07, 6.45) is 2.39. The van der Waals surface area contributed by atoms with Crippen molar-refractivity contribution in [3.8, 4) is 0 Å². The summed E-state index contributed by atoms with van der Waals surface area (Å²) in [5.74, 6) is -0.833. The fourth-order valence-corrected chi connectivity index (χ4v) is 2.73. The highest BCUT2D eigenvalue weighted by atomic mass is 19.2. The summed E-state index contributed by atoms with van der Waals surface area (Å²) in [5, 5.41) is 3.37. The summed E-state index contributed by atoms with van der Waals surface area (Å²) < 4.78 is 26.3. The second-order valence-electron chi connectivity index (χ2n) is 5.97. The Labute approximate surface area is 120 Å². The molecule has 0 spiro atoms. The minimum Gasteiger partial charge on any atom is -0.317 e. The van der Waals surface area contributed by atoms with Gasteiger partial charge >= 0.3 is 0 Å². The van der Waals surface area contributed by atoms with E-state index in [9.17, 15) is 8.78 Å². The normalized spacial score (nSPS) is 17.1. The van der Waals surface area contributed by atoms with Crippen LogP contribution in [-0.4, -0.2) is 30.6 Å². The van der Waals surface area contributed by atoms with Crippen LogP contribution in [0.15, 0.2) is 18.2 Å². The molecule has 112 valence electrons. The number of halogens is 2. The zero-order valence-corrected chi connectivity index (χ0v) is 12.3. The third-order valence-electron chi connectivity index (χ3n) is 4.05. The average molecular weight is 282 g/mol. The maximum atomic E-state index is 13.3. The van der Waals surface area contributed by atoms with E-state index in [1.165, 1.54) is 25.0 Å². The molecule has 0 radical (unpaired) electrons. The second-order valence-corrected chi connectivity index (χ2v) is 5.97. The summed E-state index contributed by atoms with van der Waals surface area (Å²) >= 11 is 0. The Balaban J connectivity index is 1.99. The fourth-order valence-electron chi connectivity index (χ4n) is 2.73. The molecule has 1 N–H and O–H groups in total. The van der Waals surface area contributed by atoms with E-state index in [0.717, 1.165) is 25.2 Å². The number of hydrogen-bond acceptors (Lipinski definition) is 2. The lowest BCUT2D eigenvalue weighted by Crippen LogP contribution is -2.39. The lowest BCUT2D eigenvalue weighted by atomic mass is 9.96. The van der Waals surface area contributed by atoms with Gasteiger partial charge in [-0.2, -0.15) is 0 Å². The van der Waals surface area contributed by atoms with Crippen LogP contribution in [0.5, 0.6) is 0 Å². The number of benzene rings is 1. The molecule has 1 aliphatic rings. The van der Waals surface area contributed by atoms with Gasteiger partial charge in [-0.15, -0.1) is 0 Å². The van der Waals surface area contributed by atoms with Crippen molar-refractivity contribution >= 4 is 0 Å². The Morgan fingerprint density at radius 2 is 1.90 bits per heavy atom. The average Bonchev–Trinajstić information content (AvgIpc) is 2.43. The van der Waals surface area contributed by atoms with Gasteiger partial charge in [-0.1, -0.05) is 6.07 Å². The highest BCUT2D eigenvalue weighted by Gasteiger charge is 2.19. The molecule has 0 aromatic heterocycles. The van der Waals surface area contributed by atoms with Crippen molar-refractivity contribution in [2.45, 2.75) is 39.3 Å². The first-order chi connectivity index (χ1) is 9.56. The lowest BCUT2D eigenvalue weighted by Gasteiger charge is -2.32. The Hall–Kier alpha value is -1.00. The largest absolute Gasteiger partial charge is 0.317 e. The Morgan fingerprint density at radius 3 is 2.50 bits per heavy atom. The second kappa shape index (κ2) is 7.14. The van der Waals surface area contributed by atoms with Crippen LogP contribution in [0.1, 0.15) is 32.3 Å². The molecule has 1 saturated heterocycles. The number of rotatable bonds is 5. The molecule has 1 heterocycles. The van der Waals surface area contributed by atoms with Crippen LogP contribution >= 0.6 is 0 Å². The molecule has 0 aliphatic carbocycles. The highest BCUT2D eigenvalue weighted by Crippen LogP contribution is 2.18. The van der Waals surface area contributed by atoms with Crippen LogP contribution in [0.4, 0.5) is 8.78 Å². The monoisotopic (exact) mass is 282 g/mol. The van der Waals surface area contributed by atoms with Gasteiger partial charge in [-0.05, 0) is 63.4 Å². The van der Waals surface area contributed by atoms with Crippen LogP contribution in [0.2, 0.25) is 0 Å². The van der Waals surface area contributed by atoms with Crippen molar-refractivity contribution < 1.29 is 8.78 Å². The van der Waals surface area contributed by atoms with E-state index in [1.54, 1.807) is 6.07 Å². The molecule has 2 rings (SSSR count). The van der Waals surface area contributed by atoms with Crippen LogP contribution in [-0.2, 0) is 6.54 Å². The smallest absolute Gasteiger partial charge is 0.159 e.